The Balaban J connectivity index is 1.37. The number of hydrogen-bond acceptors (Lipinski definition) is 7. The van der Waals surface area contributed by atoms with Crippen molar-refractivity contribution >= 4 is 22.6 Å². The first-order valence-corrected chi connectivity index (χ1v) is 12.8. The number of Topliss-reactive ketones (excluding diaryl/α,β-unsaturated/α-hetero) is 1. The molecule has 9 nitrogen and oxygen atoms in total. The van der Waals surface area contributed by atoms with Crippen molar-refractivity contribution in [3.8, 4) is 17.2 Å². The summed E-state index contributed by atoms with van der Waals surface area (Å²) in [6, 6.07) is 14.2. The van der Waals surface area contributed by atoms with Gasteiger partial charge in [-0.3, -0.25) is 19.3 Å². The lowest BCUT2D eigenvalue weighted by atomic mass is 10.0. The summed E-state index contributed by atoms with van der Waals surface area (Å²) in [5.41, 5.74) is 1.26. The second kappa shape index (κ2) is 11.7. The van der Waals surface area contributed by atoms with Gasteiger partial charge in [0.05, 0.1) is 12.2 Å². The van der Waals surface area contributed by atoms with Crippen LogP contribution >= 0.6 is 0 Å². The molecule has 1 atom stereocenters. The number of methoxy groups -OCH3 is 1. The highest BCUT2D eigenvalue weighted by molar-refractivity contribution is 5.97. The first-order chi connectivity index (χ1) is 19.7. The number of ether oxygens (including phenoxy) is 2. The number of halogens is 2. The minimum atomic E-state index is -0.682. The Morgan fingerprint density at radius 3 is 2.59 bits per heavy atom. The minimum Gasteiger partial charge on any atom is -0.453 e. The number of ketones is 1. The summed E-state index contributed by atoms with van der Waals surface area (Å²) in [7, 11) is 1.60. The average molecular weight is 560 g/mol. The number of H-pyrrole nitrogens is 1. The van der Waals surface area contributed by atoms with Gasteiger partial charge in [-0.05, 0) is 67.9 Å². The molecule has 0 amide bonds. The first kappa shape index (κ1) is 27.7. The Morgan fingerprint density at radius 2 is 1.85 bits per heavy atom. The molecule has 2 N–H and O–H groups in total. The van der Waals surface area contributed by atoms with Gasteiger partial charge in [0, 0.05) is 43.2 Å². The molecule has 0 aliphatic rings. The summed E-state index contributed by atoms with van der Waals surface area (Å²) in [4.78, 5) is 30.5. The summed E-state index contributed by atoms with van der Waals surface area (Å²) in [6.45, 7) is 4.09. The number of anilines is 1. The summed E-state index contributed by atoms with van der Waals surface area (Å²) >= 11 is 0. The summed E-state index contributed by atoms with van der Waals surface area (Å²) in [5, 5.41) is 10.8. The van der Waals surface area contributed by atoms with Gasteiger partial charge < -0.3 is 14.8 Å². The molecule has 41 heavy (non-hydrogen) atoms. The number of fused-ring (bicyclic) bond motifs is 1. The van der Waals surface area contributed by atoms with Crippen molar-refractivity contribution in [1.29, 1.82) is 0 Å². The minimum absolute atomic E-state index is 0.0532. The SMILES string of the molecule is COC[C@H](C)Nc1n[nH]c2nccc(Oc3ccc(CC(=O)c4ccc(C)n(-c5ccc(F)cc5)c4=O)cc3F)c12. The van der Waals surface area contributed by atoms with E-state index in [0.717, 1.165) is 0 Å². The van der Waals surface area contributed by atoms with E-state index in [1.165, 1.54) is 53.2 Å². The van der Waals surface area contributed by atoms with E-state index in [2.05, 4.69) is 20.5 Å². The van der Waals surface area contributed by atoms with Crippen LogP contribution in [0.1, 0.15) is 28.5 Å². The van der Waals surface area contributed by atoms with E-state index in [-0.39, 0.29) is 23.8 Å². The highest BCUT2D eigenvalue weighted by Gasteiger charge is 2.19. The zero-order valence-electron chi connectivity index (χ0n) is 22.6. The molecular formula is C30H27F2N5O4. The predicted molar refractivity (Wildman–Crippen MR) is 150 cm³/mol. The van der Waals surface area contributed by atoms with E-state index in [1.54, 1.807) is 32.2 Å². The number of benzene rings is 2. The second-order valence-corrected chi connectivity index (χ2v) is 9.58. The summed E-state index contributed by atoms with van der Waals surface area (Å²) in [5.74, 6) is -0.834. The molecule has 0 aliphatic carbocycles. The molecule has 3 heterocycles. The molecule has 0 aliphatic heterocycles. The van der Waals surface area contributed by atoms with Crippen molar-refractivity contribution < 1.29 is 23.0 Å². The Bertz CT molecular complexity index is 1780. The standard InChI is InChI=1S/C30H27F2N5O4/c1-17(16-40-3)34-29-27-26(12-13-33-28(27)35-36-29)41-25-11-5-19(14-23(25)32)15-24(38)22-10-4-18(2)37(30(22)39)21-8-6-20(31)7-9-21/h4-14,17H,15-16H2,1-3H3,(H2,33,34,35,36)/t17-/m0/s1. The van der Waals surface area contributed by atoms with E-state index in [1.807, 2.05) is 6.92 Å². The number of rotatable bonds is 10. The lowest BCUT2D eigenvalue weighted by Gasteiger charge is -2.14. The zero-order valence-corrected chi connectivity index (χ0v) is 22.6. The van der Waals surface area contributed by atoms with E-state index in [4.69, 9.17) is 9.47 Å². The average Bonchev–Trinajstić information content (AvgIpc) is 3.35. The molecule has 0 fully saturated rings. The van der Waals surface area contributed by atoms with Crippen molar-refractivity contribution in [2.75, 3.05) is 19.0 Å². The molecule has 2 aromatic carbocycles. The largest absolute Gasteiger partial charge is 0.453 e. The van der Waals surface area contributed by atoms with Crippen LogP contribution in [0.15, 0.2) is 71.7 Å². The molecular weight excluding hydrogens is 532 g/mol. The molecule has 5 aromatic rings. The fourth-order valence-corrected chi connectivity index (χ4v) is 4.53. The number of aryl methyl sites for hydroxylation is 1. The number of nitrogens with zero attached hydrogens (tertiary/aromatic N) is 3. The number of carbonyl (C=O) groups excluding carboxylic acids is 1. The van der Waals surface area contributed by atoms with Crippen LogP contribution in [0, 0.1) is 18.6 Å². The molecule has 210 valence electrons. The summed E-state index contributed by atoms with van der Waals surface area (Å²) < 4.78 is 41.0. The number of aromatic nitrogens is 4. The van der Waals surface area contributed by atoms with E-state index < -0.39 is 23.0 Å². The Labute approximate surface area is 233 Å². The van der Waals surface area contributed by atoms with Crippen LogP contribution in [0.5, 0.6) is 11.5 Å². The van der Waals surface area contributed by atoms with Gasteiger partial charge >= 0.3 is 0 Å². The van der Waals surface area contributed by atoms with Gasteiger partial charge in [0.2, 0.25) is 0 Å². The molecule has 0 saturated heterocycles. The summed E-state index contributed by atoms with van der Waals surface area (Å²) in [6.07, 6.45) is 1.31. The number of hydrogen-bond donors (Lipinski definition) is 2. The molecule has 0 spiro atoms. The van der Waals surface area contributed by atoms with Crippen LogP contribution in [0.4, 0.5) is 14.6 Å². The molecule has 0 bridgehead atoms. The smallest absolute Gasteiger partial charge is 0.266 e. The van der Waals surface area contributed by atoms with Crippen LogP contribution < -0.4 is 15.6 Å². The number of nitrogens with one attached hydrogen (secondary N) is 2. The monoisotopic (exact) mass is 559 g/mol. The van der Waals surface area contributed by atoms with Crippen LogP contribution in [-0.4, -0.2) is 45.3 Å². The molecule has 0 unspecified atom stereocenters. The maximum absolute atomic E-state index is 15.2. The van der Waals surface area contributed by atoms with Gasteiger partial charge in [0.25, 0.3) is 5.56 Å². The molecule has 11 heteroatoms. The van der Waals surface area contributed by atoms with Gasteiger partial charge in [-0.2, -0.15) is 5.10 Å². The lowest BCUT2D eigenvalue weighted by molar-refractivity contribution is 0.0991. The third-order valence-electron chi connectivity index (χ3n) is 6.47. The third-order valence-corrected chi connectivity index (χ3v) is 6.47. The van der Waals surface area contributed by atoms with Crippen LogP contribution in [-0.2, 0) is 11.2 Å². The van der Waals surface area contributed by atoms with Crippen molar-refractivity contribution in [3.05, 3.63) is 106 Å². The number of pyridine rings is 2. The van der Waals surface area contributed by atoms with E-state index in [0.29, 0.717) is 46.2 Å². The van der Waals surface area contributed by atoms with Crippen molar-refractivity contribution in [2.24, 2.45) is 0 Å². The number of carbonyl (C=O) groups is 1. The third kappa shape index (κ3) is 5.85. The Kier molecular flexibility index (Phi) is 7.88. The maximum atomic E-state index is 15.2. The van der Waals surface area contributed by atoms with Crippen molar-refractivity contribution in [3.63, 3.8) is 0 Å². The Hall–Kier alpha value is -4.90. The van der Waals surface area contributed by atoms with Crippen LogP contribution in [0.3, 0.4) is 0 Å². The normalized spacial score (nSPS) is 11.9. The molecule has 0 radical (unpaired) electrons. The van der Waals surface area contributed by atoms with Crippen LogP contribution in [0.2, 0.25) is 0 Å². The number of aromatic amines is 1. The quantitative estimate of drug-likeness (QED) is 0.222. The predicted octanol–water partition coefficient (Wildman–Crippen LogP) is 5.36. The second-order valence-electron chi connectivity index (χ2n) is 9.58. The zero-order chi connectivity index (χ0) is 29.1. The highest BCUT2D eigenvalue weighted by atomic mass is 19.1. The van der Waals surface area contributed by atoms with Gasteiger partial charge in [0.15, 0.2) is 28.8 Å². The highest BCUT2D eigenvalue weighted by Crippen LogP contribution is 2.34. The molecule has 3 aromatic heterocycles. The van der Waals surface area contributed by atoms with E-state index >= 15 is 4.39 Å². The van der Waals surface area contributed by atoms with Crippen molar-refractivity contribution in [2.45, 2.75) is 26.3 Å². The fourth-order valence-electron chi connectivity index (χ4n) is 4.53. The Morgan fingerprint density at radius 1 is 1.07 bits per heavy atom. The van der Waals surface area contributed by atoms with Gasteiger partial charge in [0.1, 0.15) is 17.0 Å². The van der Waals surface area contributed by atoms with Gasteiger partial charge in [-0.15, -0.1) is 0 Å². The van der Waals surface area contributed by atoms with Gasteiger partial charge in [-0.1, -0.05) is 6.07 Å². The van der Waals surface area contributed by atoms with Gasteiger partial charge in [-0.25, -0.2) is 13.8 Å². The van der Waals surface area contributed by atoms with Crippen LogP contribution in [0.25, 0.3) is 16.7 Å². The maximum Gasteiger partial charge on any atom is 0.266 e. The topological polar surface area (TPSA) is 111 Å². The van der Waals surface area contributed by atoms with Crippen molar-refractivity contribution in [1.82, 2.24) is 19.7 Å². The fraction of sp³-hybridized carbons (Fsp3) is 0.200. The molecule has 0 saturated carbocycles. The lowest BCUT2D eigenvalue weighted by Crippen LogP contribution is -2.27. The molecule has 5 rings (SSSR count). The van der Waals surface area contributed by atoms with E-state index in [9.17, 15) is 14.0 Å². The first-order valence-electron chi connectivity index (χ1n) is 12.8.